The molecule has 0 saturated heterocycles. The summed E-state index contributed by atoms with van der Waals surface area (Å²) in [5.74, 6) is -0.985. The quantitative estimate of drug-likeness (QED) is 0.783. The first kappa shape index (κ1) is 13.1. The van der Waals surface area contributed by atoms with Crippen LogP contribution < -0.4 is 0 Å². The second kappa shape index (κ2) is 4.86. The van der Waals surface area contributed by atoms with Crippen LogP contribution in [0.5, 0.6) is 0 Å². The number of rotatable bonds is 2. The summed E-state index contributed by atoms with van der Waals surface area (Å²) < 4.78 is 1.44. The van der Waals surface area contributed by atoms with Gasteiger partial charge in [-0.25, -0.2) is 9.78 Å². The van der Waals surface area contributed by atoms with Crippen LogP contribution in [0.4, 0.5) is 0 Å². The van der Waals surface area contributed by atoms with Crippen LogP contribution >= 0.6 is 0 Å². The van der Waals surface area contributed by atoms with E-state index in [0.717, 1.165) is 0 Å². The number of fused-ring (bicyclic) bond motifs is 1. The molecule has 104 valence electrons. The Balaban J connectivity index is 2.22. The number of para-hydroxylation sites is 2. The number of benzene rings is 2. The smallest absolute Gasteiger partial charge is 0.336 e. The molecule has 0 aliphatic rings. The molecule has 0 unspecified atom stereocenters. The van der Waals surface area contributed by atoms with E-state index in [0.29, 0.717) is 16.9 Å². The first-order valence-electron chi connectivity index (χ1n) is 6.40. The van der Waals surface area contributed by atoms with Crippen LogP contribution in [0.2, 0.25) is 0 Å². The standard InChI is InChI=1S/C16H12N2O3/c1-10-17-13-8-4-5-9-14(13)18(10)15(19)11-6-2-3-7-12(11)16(20)21/h2-9H,1H3,(H,20,21). The van der Waals surface area contributed by atoms with Crippen molar-refractivity contribution in [1.29, 1.82) is 0 Å². The third-order valence-electron chi connectivity index (χ3n) is 3.32. The van der Waals surface area contributed by atoms with E-state index in [1.807, 2.05) is 18.2 Å². The van der Waals surface area contributed by atoms with Crippen molar-refractivity contribution >= 4 is 22.9 Å². The van der Waals surface area contributed by atoms with Crippen molar-refractivity contribution in [2.24, 2.45) is 0 Å². The van der Waals surface area contributed by atoms with Crippen LogP contribution in [-0.4, -0.2) is 26.5 Å². The van der Waals surface area contributed by atoms with Gasteiger partial charge in [0.1, 0.15) is 5.82 Å². The first-order valence-corrected chi connectivity index (χ1v) is 6.40. The maximum absolute atomic E-state index is 12.7. The van der Waals surface area contributed by atoms with Gasteiger partial charge in [-0.2, -0.15) is 0 Å². The maximum atomic E-state index is 12.7. The van der Waals surface area contributed by atoms with E-state index in [-0.39, 0.29) is 17.0 Å². The predicted octanol–water partition coefficient (Wildman–Crippen LogP) is 2.73. The van der Waals surface area contributed by atoms with Crippen LogP contribution in [0.1, 0.15) is 26.5 Å². The summed E-state index contributed by atoms with van der Waals surface area (Å²) in [5.41, 5.74) is 1.51. The monoisotopic (exact) mass is 280 g/mol. The molecular weight excluding hydrogens is 268 g/mol. The molecule has 0 amide bonds. The molecule has 0 radical (unpaired) electrons. The first-order chi connectivity index (χ1) is 10.1. The Morgan fingerprint density at radius 1 is 1.00 bits per heavy atom. The highest BCUT2D eigenvalue weighted by atomic mass is 16.4. The molecule has 3 rings (SSSR count). The minimum atomic E-state index is -1.12. The third kappa shape index (κ3) is 2.08. The van der Waals surface area contributed by atoms with Crippen LogP contribution in [0.25, 0.3) is 11.0 Å². The molecule has 0 spiro atoms. The number of hydrogen-bond donors (Lipinski definition) is 1. The van der Waals surface area contributed by atoms with E-state index in [1.165, 1.54) is 16.7 Å². The number of carbonyl (C=O) groups is 2. The Hall–Kier alpha value is -2.95. The number of nitrogens with zero attached hydrogens (tertiary/aromatic N) is 2. The molecule has 0 aliphatic heterocycles. The summed E-state index contributed by atoms with van der Waals surface area (Å²) in [4.78, 5) is 28.3. The Morgan fingerprint density at radius 3 is 2.33 bits per heavy atom. The van der Waals surface area contributed by atoms with Gasteiger partial charge in [0.05, 0.1) is 22.2 Å². The zero-order valence-corrected chi connectivity index (χ0v) is 11.3. The van der Waals surface area contributed by atoms with E-state index in [9.17, 15) is 14.7 Å². The van der Waals surface area contributed by atoms with Crippen LogP contribution in [0.15, 0.2) is 48.5 Å². The molecule has 1 N–H and O–H groups in total. The number of carboxylic acids is 1. The summed E-state index contributed by atoms with van der Waals surface area (Å²) in [5, 5.41) is 9.22. The van der Waals surface area contributed by atoms with Crippen molar-refractivity contribution < 1.29 is 14.7 Å². The van der Waals surface area contributed by atoms with Crippen molar-refractivity contribution in [3.8, 4) is 0 Å². The number of carbonyl (C=O) groups excluding carboxylic acids is 1. The number of carboxylic acid groups (broad SMARTS) is 1. The van der Waals surface area contributed by atoms with Crippen LogP contribution in [0.3, 0.4) is 0 Å². The lowest BCUT2D eigenvalue weighted by Gasteiger charge is -2.08. The van der Waals surface area contributed by atoms with E-state index in [4.69, 9.17) is 0 Å². The fourth-order valence-electron chi connectivity index (χ4n) is 2.38. The summed E-state index contributed by atoms with van der Waals surface area (Å²) in [6, 6.07) is 13.4. The zero-order valence-electron chi connectivity index (χ0n) is 11.3. The lowest BCUT2D eigenvalue weighted by Crippen LogP contribution is -2.17. The largest absolute Gasteiger partial charge is 0.478 e. The number of imidazole rings is 1. The average Bonchev–Trinajstić information content (AvgIpc) is 2.82. The summed E-state index contributed by atoms with van der Waals surface area (Å²) in [7, 11) is 0. The molecule has 0 bridgehead atoms. The Bertz CT molecular complexity index is 865. The fraction of sp³-hybridized carbons (Fsp3) is 0.0625. The Morgan fingerprint density at radius 2 is 1.62 bits per heavy atom. The second-order valence-electron chi connectivity index (χ2n) is 4.64. The molecule has 3 aromatic rings. The summed E-state index contributed by atoms with van der Waals surface area (Å²) in [6.45, 7) is 1.72. The van der Waals surface area contributed by atoms with Gasteiger partial charge in [0.25, 0.3) is 5.91 Å². The average molecular weight is 280 g/mol. The van der Waals surface area contributed by atoms with Gasteiger partial charge in [0.15, 0.2) is 0 Å². The lowest BCUT2D eigenvalue weighted by atomic mass is 10.1. The lowest BCUT2D eigenvalue weighted by molar-refractivity contribution is 0.0691. The number of aromatic nitrogens is 2. The van der Waals surface area contributed by atoms with Gasteiger partial charge in [-0.15, -0.1) is 0 Å². The molecular formula is C16H12N2O3. The van der Waals surface area contributed by atoms with E-state index < -0.39 is 5.97 Å². The van der Waals surface area contributed by atoms with Gasteiger partial charge in [-0.3, -0.25) is 9.36 Å². The molecule has 0 aliphatic carbocycles. The molecule has 0 atom stereocenters. The molecule has 2 aromatic carbocycles. The van der Waals surface area contributed by atoms with Crippen molar-refractivity contribution in [2.45, 2.75) is 6.92 Å². The molecule has 21 heavy (non-hydrogen) atoms. The van der Waals surface area contributed by atoms with Gasteiger partial charge < -0.3 is 5.11 Å². The number of aryl methyl sites for hydroxylation is 1. The number of hydrogen-bond acceptors (Lipinski definition) is 3. The second-order valence-corrected chi connectivity index (χ2v) is 4.64. The van der Waals surface area contributed by atoms with Gasteiger partial charge in [-0.05, 0) is 31.2 Å². The normalized spacial score (nSPS) is 10.7. The summed E-state index contributed by atoms with van der Waals surface area (Å²) in [6.07, 6.45) is 0. The van der Waals surface area contributed by atoms with Gasteiger partial charge in [0.2, 0.25) is 0 Å². The van der Waals surface area contributed by atoms with E-state index >= 15 is 0 Å². The van der Waals surface area contributed by atoms with Crippen molar-refractivity contribution in [2.75, 3.05) is 0 Å². The van der Waals surface area contributed by atoms with Gasteiger partial charge in [-0.1, -0.05) is 24.3 Å². The van der Waals surface area contributed by atoms with Crippen molar-refractivity contribution in [3.05, 3.63) is 65.5 Å². The maximum Gasteiger partial charge on any atom is 0.336 e. The molecule has 0 fully saturated rings. The topological polar surface area (TPSA) is 72.2 Å². The van der Waals surface area contributed by atoms with Crippen molar-refractivity contribution in [1.82, 2.24) is 9.55 Å². The Kier molecular flexibility index (Phi) is 3.02. The fourth-order valence-corrected chi connectivity index (χ4v) is 2.38. The highest BCUT2D eigenvalue weighted by Crippen LogP contribution is 2.19. The van der Waals surface area contributed by atoms with Crippen LogP contribution in [0, 0.1) is 6.92 Å². The number of aromatic carboxylic acids is 1. The van der Waals surface area contributed by atoms with Gasteiger partial charge >= 0.3 is 5.97 Å². The minimum Gasteiger partial charge on any atom is -0.478 e. The van der Waals surface area contributed by atoms with Crippen molar-refractivity contribution in [3.63, 3.8) is 0 Å². The van der Waals surface area contributed by atoms with E-state index in [2.05, 4.69) is 4.98 Å². The van der Waals surface area contributed by atoms with E-state index in [1.54, 1.807) is 25.1 Å². The molecule has 1 aromatic heterocycles. The SMILES string of the molecule is Cc1nc2ccccc2n1C(=O)c1ccccc1C(=O)O. The molecule has 5 heteroatoms. The summed E-state index contributed by atoms with van der Waals surface area (Å²) >= 11 is 0. The van der Waals surface area contributed by atoms with Crippen LogP contribution in [-0.2, 0) is 0 Å². The predicted molar refractivity (Wildman–Crippen MR) is 77.6 cm³/mol. The Labute approximate surface area is 120 Å². The molecule has 0 saturated carbocycles. The zero-order chi connectivity index (χ0) is 15.0. The highest BCUT2D eigenvalue weighted by molar-refractivity contribution is 6.08. The molecule has 5 nitrogen and oxygen atoms in total. The minimum absolute atomic E-state index is 0.0142. The van der Waals surface area contributed by atoms with Gasteiger partial charge in [0, 0.05) is 0 Å². The highest BCUT2D eigenvalue weighted by Gasteiger charge is 2.20. The molecule has 1 heterocycles. The third-order valence-corrected chi connectivity index (χ3v) is 3.32.